The number of hydrogen-bond acceptors (Lipinski definition) is 6. The fourth-order valence-electron chi connectivity index (χ4n) is 2.88. The van der Waals surface area contributed by atoms with E-state index in [1.54, 1.807) is 6.20 Å². The molecular weight excluding hydrogens is 328 g/mol. The van der Waals surface area contributed by atoms with Crippen LogP contribution in [0.3, 0.4) is 0 Å². The van der Waals surface area contributed by atoms with Crippen LogP contribution in [0.2, 0.25) is 0 Å². The second kappa shape index (κ2) is 6.45. The molecule has 130 valence electrons. The van der Waals surface area contributed by atoms with Crippen molar-refractivity contribution in [2.75, 3.05) is 18.1 Å². The molecule has 0 aliphatic carbocycles. The fourth-order valence-corrected chi connectivity index (χ4v) is 2.88. The summed E-state index contributed by atoms with van der Waals surface area (Å²) in [5.74, 6) is 1.82. The van der Waals surface area contributed by atoms with E-state index in [-0.39, 0.29) is 6.61 Å². The van der Waals surface area contributed by atoms with Crippen molar-refractivity contribution in [2.24, 2.45) is 0 Å². The number of imidazole rings is 1. The molecule has 0 spiro atoms. The lowest BCUT2D eigenvalue weighted by Gasteiger charge is -2.11. The topological polar surface area (TPSA) is 102 Å². The minimum Gasteiger partial charge on any atom is -0.392 e. The lowest BCUT2D eigenvalue weighted by atomic mass is 10.2. The largest absolute Gasteiger partial charge is 0.392 e. The third-order valence-corrected chi connectivity index (χ3v) is 4.22. The van der Waals surface area contributed by atoms with Gasteiger partial charge in [0.2, 0.25) is 0 Å². The number of rotatable bonds is 4. The van der Waals surface area contributed by atoms with Crippen LogP contribution in [0, 0.1) is 0 Å². The molecule has 0 amide bonds. The van der Waals surface area contributed by atoms with Crippen molar-refractivity contribution in [3.63, 3.8) is 0 Å². The highest BCUT2D eigenvalue weighted by Crippen LogP contribution is 2.30. The van der Waals surface area contributed by atoms with Gasteiger partial charge in [-0.2, -0.15) is 0 Å². The highest BCUT2D eigenvalue weighted by molar-refractivity contribution is 5.83. The number of hydrogen-bond donors (Lipinski definition) is 3. The molecule has 4 N–H and O–H groups in total. The van der Waals surface area contributed by atoms with Gasteiger partial charge in [-0.25, -0.2) is 15.0 Å². The Morgan fingerprint density at radius 1 is 1.08 bits per heavy atom. The van der Waals surface area contributed by atoms with Gasteiger partial charge in [0.05, 0.1) is 12.2 Å². The van der Waals surface area contributed by atoms with Crippen molar-refractivity contribution in [2.45, 2.75) is 6.61 Å². The summed E-state index contributed by atoms with van der Waals surface area (Å²) in [6.45, 7) is -0.00444. The van der Waals surface area contributed by atoms with Gasteiger partial charge in [-0.1, -0.05) is 12.1 Å². The van der Waals surface area contributed by atoms with Gasteiger partial charge in [0, 0.05) is 18.9 Å². The molecule has 3 aromatic heterocycles. The Morgan fingerprint density at radius 2 is 1.88 bits per heavy atom. The van der Waals surface area contributed by atoms with Gasteiger partial charge in [0.15, 0.2) is 11.5 Å². The third-order valence-electron chi connectivity index (χ3n) is 4.22. The molecular formula is C19H18N6O. The first-order chi connectivity index (χ1) is 12.7. The average molecular weight is 346 g/mol. The normalized spacial score (nSPS) is 11.0. The summed E-state index contributed by atoms with van der Waals surface area (Å²) in [6.07, 6.45) is 1.65. The van der Waals surface area contributed by atoms with Gasteiger partial charge in [0.1, 0.15) is 17.2 Å². The molecule has 0 aliphatic rings. The van der Waals surface area contributed by atoms with Gasteiger partial charge < -0.3 is 16.2 Å². The van der Waals surface area contributed by atoms with Crippen LogP contribution in [-0.4, -0.2) is 31.7 Å². The van der Waals surface area contributed by atoms with E-state index < -0.39 is 0 Å². The van der Waals surface area contributed by atoms with Crippen LogP contribution in [0.1, 0.15) is 5.56 Å². The minimum atomic E-state index is -0.00444. The van der Waals surface area contributed by atoms with Crippen molar-refractivity contribution in [1.82, 2.24) is 19.5 Å². The summed E-state index contributed by atoms with van der Waals surface area (Å²) in [4.78, 5) is 13.6. The predicted molar refractivity (Wildman–Crippen MR) is 102 cm³/mol. The van der Waals surface area contributed by atoms with Crippen molar-refractivity contribution in [3.8, 4) is 17.1 Å². The number of nitrogens with two attached hydrogens (primary N) is 1. The predicted octanol–water partition coefficient (Wildman–Crippen LogP) is 2.60. The Bertz CT molecular complexity index is 1070. The van der Waals surface area contributed by atoms with Crippen LogP contribution in [0.4, 0.5) is 11.6 Å². The molecule has 7 heteroatoms. The zero-order valence-electron chi connectivity index (χ0n) is 14.2. The highest BCUT2D eigenvalue weighted by atomic mass is 16.3. The Balaban J connectivity index is 2.03. The molecule has 0 radical (unpaired) electrons. The number of nitrogen functional groups attached to an aromatic ring is 1. The Labute approximate surface area is 150 Å². The number of nitrogens with one attached hydrogen (secondary N) is 1. The van der Waals surface area contributed by atoms with Gasteiger partial charge in [-0.15, -0.1) is 0 Å². The molecule has 3 heterocycles. The number of aromatic nitrogens is 4. The quantitative estimate of drug-likeness (QED) is 0.525. The molecule has 0 bridgehead atoms. The zero-order chi connectivity index (χ0) is 18.1. The SMILES string of the molecule is CNc1ccc2nc(-c3cccnc3N)n(-c3ccc(CO)cc3)c2n1. The number of aliphatic hydroxyl groups is 1. The molecule has 4 aromatic rings. The second-order valence-electron chi connectivity index (χ2n) is 5.82. The van der Waals surface area contributed by atoms with E-state index in [4.69, 9.17) is 10.7 Å². The standard InChI is InChI=1S/C19H18N6O/c1-21-16-9-8-15-19(24-16)25(13-6-4-12(11-26)5-7-13)18(23-15)14-3-2-10-22-17(14)20/h2-10,26H,11H2,1H3,(H2,20,22)(H,21,24). The summed E-state index contributed by atoms with van der Waals surface area (Å²) in [5.41, 5.74) is 10.0. The van der Waals surface area contributed by atoms with Crippen LogP contribution in [-0.2, 0) is 6.61 Å². The maximum Gasteiger partial charge on any atom is 0.167 e. The number of anilines is 2. The number of benzene rings is 1. The highest BCUT2D eigenvalue weighted by Gasteiger charge is 2.18. The van der Waals surface area contributed by atoms with Gasteiger partial charge >= 0.3 is 0 Å². The van der Waals surface area contributed by atoms with E-state index in [0.29, 0.717) is 17.3 Å². The van der Waals surface area contributed by atoms with E-state index in [1.165, 1.54) is 0 Å². The number of aliphatic hydroxyl groups excluding tert-OH is 1. The van der Waals surface area contributed by atoms with Crippen molar-refractivity contribution in [1.29, 1.82) is 0 Å². The fraction of sp³-hybridized carbons (Fsp3) is 0.105. The Kier molecular flexibility index (Phi) is 3.98. The van der Waals surface area contributed by atoms with Crippen LogP contribution in [0.5, 0.6) is 0 Å². The lowest BCUT2D eigenvalue weighted by Crippen LogP contribution is -2.02. The molecule has 0 atom stereocenters. The van der Waals surface area contributed by atoms with E-state index in [1.807, 2.05) is 60.1 Å². The van der Waals surface area contributed by atoms with Gasteiger partial charge in [-0.3, -0.25) is 4.57 Å². The molecule has 26 heavy (non-hydrogen) atoms. The molecule has 0 unspecified atom stereocenters. The molecule has 7 nitrogen and oxygen atoms in total. The van der Waals surface area contributed by atoms with E-state index >= 15 is 0 Å². The van der Waals surface area contributed by atoms with Crippen LogP contribution in [0.15, 0.2) is 54.7 Å². The maximum absolute atomic E-state index is 9.30. The van der Waals surface area contributed by atoms with Gasteiger partial charge in [-0.05, 0) is 42.0 Å². The van der Waals surface area contributed by atoms with E-state index in [2.05, 4.69) is 15.3 Å². The maximum atomic E-state index is 9.30. The summed E-state index contributed by atoms with van der Waals surface area (Å²) in [6, 6.07) is 15.1. The van der Waals surface area contributed by atoms with Crippen molar-refractivity contribution < 1.29 is 5.11 Å². The van der Waals surface area contributed by atoms with E-state index in [0.717, 1.165) is 28.1 Å². The Morgan fingerprint density at radius 3 is 2.58 bits per heavy atom. The molecule has 4 rings (SSSR count). The number of fused-ring (bicyclic) bond motifs is 1. The molecule has 1 aromatic carbocycles. The summed E-state index contributed by atoms with van der Waals surface area (Å²) >= 11 is 0. The molecule has 0 saturated carbocycles. The molecule has 0 aliphatic heterocycles. The van der Waals surface area contributed by atoms with Crippen molar-refractivity contribution in [3.05, 3.63) is 60.3 Å². The summed E-state index contributed by atoms with van der Waals surface area (Å²) < 4.78 is 1.95. The lowest BCUT2D eigenvalue weighted by molar-refractivity contribution is 0.282. The molecule has 0 saturated heterocycles. The minimum absolute atomic E-state index is 0.00444. The van der Waals surface area contributed by atoms with Crippen LogP contribution >= 0.6 is 0 Å². The van der Waals surface area contributed by atoms with Crippen LogP contribution < -0.4 is 11.1 Å². The summed E-state index contributed by atoms with van der Waals surface area (Å²) in [7, 11) is 1.82. The first kappa shape index (κ1) is 16.0. The Hall–Kier alpha value is -3.45. The smallest absolute Gasteiger partial charge is 0.167 e. The number of pyridine rings is 2. The summed E-state index contributed by atoms with van der Waals surface area (Å²) in [5, 5.41) is 12.4. The molecule has 0 fully saturated rings. The zero-order valence-corrected chi connectivity index (χ0v) is 14.2. The monoisotopic (exact) mass is 346 g/mol. The first-order valence-electron chi connectivity index (χ1n) is 8.19. The van der Waals surface area contributed by atoms with Crippen molar-refractivity contribution >= 4 is 22.8 Å². The van der Waals surface area contributed by atoms with Crippen LogP contribution in [0.25, 0.3) is 28.2 Å². The average Bonchev–Trinajstić information content (AvgIpc) is 3.06. The third kappa shape index (κ3) is 2.64. The second-order valence-corrected chi connectivity index (χ2v) is 5.82. The first-order valence-corrected chi connectivity index (χ1v) is 8.19. The van der Waals surface area contributed by atoms with E-state index in [9.17, 15) is 5.11 Å². The number of nitrogens with zero attached hydrogens (tertiary/aromatic N) is 4. The van der Waals surface area contributed by atoms with Gasteiger partial charge in [0.25, 0.3) is 0 Å².